The van der Waals surface area contributed by atoms with Gasteiger partial charge in [0.2, 0.25) is 0 Å². The Morgan fingerprint density at radius 3 is 1.64 bits per heavy atom. The molecule has 45 heavy (non-hydrogen) atoms. The Bertz CT molecular complexity index is 1180. The Balaban J connectivity index is -0.000000569. The van der Waals surface area contributed by atoms with Crippen molar-refractivity contribution in [2.45, 2.75) is 117 Å². The zero-order valence-electron chi connectivity index (χ0n) is 30.2. The van der Waals surface area contributed by atoms with E-state index in [9.17, 15) is 14.4 Å². The summed E-state index contributed by atoms with van der Waals surface area (Å²) < 4.78 is 0. The molecule has 0 bridgehead atoms. The first-order chi connectivity index (χ1) is 19.6. The van der Waals surface area contributed by atoms with Crippen molar-refractivity contribution in [3.8, 4) is 0 Å². The summed E-state index contributed by atoms with van der Waals surface area (Å²) in [7, 11) is 0. The van der Waals surface area contributed by atoms with Crippen LogP contribution in [-0.4, -0.2) is 18.9 Å². The van der Waals surface area contributed by atoms with E-state index >= 15 is 0 Å². The normalized spacial score (nSPS) is 10.6. The molecule has 0 spiro atoms. The van der Waals surface area contributed by atoms with Crippen molar-refractivity contribution < 1.29 is 169 Å². The van der Waals surface area contributed by atoms with E-state index in [1.165, 1.54) is 16.7 Å². The Kier molecular flexibility index (Phi) is 29.9. The van der Waals surface area contributed by atoms with Gasteiger partial charge in [-0.2, -0.15) is 120 Å². The molecule has 3 aromatic carbocycles. The van der Waals surface area contributed by atoms with Crippen LogP contribution in [-0.2, 0) is 49.9 Å². The van der Waals surface area contributed by atoms with Crippen LogP contribution in [0.2, 0.25) is 0 Å². The van der Waals surface area contributed by atoms with Crippen LogP contribution in [0.15, 0.2) is 54.6 Å². The molecule has 0 radical (unpaired) electrons. The molecule has 0 saturated heterocycles. The van der Waals surface area contributed by atoms with Gasteiger partial charge in [0.05, 0.1) is 0 Å². The molecule has 228 valence electrons. The van der Waals surface area contributed by atoms with Gasteiger partial charge in [-0.15, -0.1) is 5.56 Å². The van der Waals surface area contributed by atoms with E-state index in [2.05, 4.69) is 105 Å². The summed E-state index contributed by atoms with van der Waals surface area (Å²) in [5, 5.41) is 0. The summed E-state index contributed by atoms with van der Waals surface area (Å²) >= 11 is 0. The van der Waals surface area contributed by atoms with Crippen LogP contribution in [0.5, 0.6) is 0 Å². The molecular weight excluding hydrogens is 634 g/mol. The third-order valence-electron chi connectivity index (χ3n) is 6.61. The van der Waals surface area contributed by atoms with Crippen LogP contribution >= 0.6 is 0 Å². The van der Waals surface area contributed by atoms with Crippen LogP contribution in [0.25, 0.3) is 0 Å². The fourth-order valence-corrected chi connectivity index (χ4v) is 4.16. The monoisotopic (exact) mass is 681 g/mol. The third-order valence-corrected chi connectivity index (χ3v) is 6.61. The van der Waals surface area contributed by atoms with Crippen LogP contribution in [0.4, 0.5) is 0 Å². The molecule has 0 heterocycles. The van der Waals surface area contributed by atoms with Gasteiger partial charge in [-0.1, -0.05) is 87.0 Å². The van der Waals surface area contributed by atoms with E-state index in [0.717, 1.165) is 36.0 Å². The van der Waals surface area contributed by atoms with Crippen LogP contribution in [0.1, 0.15) is 115 Å². The minimum atomic E-state index is 0. The zero-order chi connectivity index (χ0) is 31.8. The third kappa shape index (κ3) is 22.1. The maximum absolute atomic E-state index is 10.2. The molecule has 0 N–H and O–H groups in total. The molecule has 0 saturated carbocycles. The molecule has 0 amide bonds. The second-order valence-electron chi connectivity index (χ2n) is 13.4. The van der Waals surface area contributed by atoms with Crippen LogP contribution < -0.4 is 154 Å². The summed E-state index contributed by atoms with van der Waals surface area (Å²) in [6.45, 7) is 19.5. The molecule has 0 atom stereocenters. The Labute approximate surface area is 402 Å². The number of carbonyl (C=O) groups excluding carboxylic acids is 3. The molecule has 0 aromatic heterocycles. The van der Waals surface area contributed by atoms with E-state index in [0.29, 0.717) is 19.3 Å². The Hall–Kier alpha value is 1.58. The largest absolute Gasteiger partial charge is 1.00 e. The summed E-state index contributed by atoms with van der Waals surface area (Å²) in [5.41, 5.74) is 7.50. The van der Waals surface area contributed by atoms with E-state index in [1.54, 1.807) is 0 Å². The fraction of sp³-hybridized carbons (Fsp3) is 0.462. The van der Waals surface area contributed by atoms with Gasteiger partial charge < -0.3 is 14.4 Å². The second kappa shape index (κ2) is 26.4. The predicted octanol–water partition coefficient (Wildman–Crippen LogP) is -0.508. The minimum absolute atomic E-state index is 0. The number of hydrogen-bond donors (Lipinski definition) is 0. The van der Waals surface area contributed by atoms with Crippen molar-refractivity contribution in [1.29, 1.82) is 0 Å². The number of aryl methyl sites for hydroxylation is 3. The average molecular weight is 682 g/mol. The van der Waals surface area contributed by atoms with Crippen LogP contribution in [0, 0.1) is 18.2 Å². The van der Waals surface area contributed by atoms with Gasteiger partial charge in [-0.05, 0) is 10.8 Å². The van der Waals surface area contributed by atoms with Crippen LogP contribution in [0.3, 0.4) is 0 Å². The summed E-state index contributed by atoms with van der Waals surface area (Å²) in [4.78, 5) is 30.4. The summed E-state index contributed by atoms with van der Waals surface area (Å²) in [5.74, 6) is 0. The van der Waals surface area contributed by atoms with Gasteiger partial charge in [0.25, 0.3) is 0 Å². The molecule has 0 aliphatic carbocycles. The van der Waals surface area contributed by atoms with E-state index in [-0.39, 0.29) is 170 Å². The van der Waals surface area contributed by atoms with E-state index in [4.69, 9.17) is 0 Å². The molecule has 3 aromatic rings. The molecule has 0 aliphatic heterocycles. The molecule has 6 heteroatoms. The SMILES string of the molecule is CC(C)(C)c1[c-]c(CC[C-]=O)ccc1.CC(C)(C)c1cc[c-]c(CC[C-]=O)c1.CC(C)(C)c1ccc[c-]c1CC[C-]=O.[K+].[K+].[K+]. The minimum Gasteiger partial charge on any atom is -0.542 e. The first kappa shape index (κ1) is 51.0. The van der Waals surface area contributed by atoms with Crippen molar-refractivity contribution in [1.82, 2.24) is 0 Å². The molecule has 3 rings (SSSR count). The molecule has 0 unspecified atom stereocenters. The topological polar surface area (TPSA) is 51.2 Å². The first-order valence-corrected chi connectivity index (χ1v) is 14.7. The van der Waals surface area contributed by atoms with Gasteiger partial charge in [0, 0.05) is 0 Å². The van der Waals surface area contributed by atoms with Gasteiger partial charge >= 0.3 is 154 Å². The molecule has 3 nitrogen and oxygen atoms in total. The quantitative estimate of drug-likeness (QED) is 0.226. The first-order valence-electron chi connectivity index (χ1n) is 14.7. The number of hydrogen-bond acceptors (Lipinski definition) is 3. The molecular formula is C39H48K3O3-3. The second-order valence-corrected chi connectivity index (χ2v) is 13.4. The van der Waals surface area contributed by atoms with Gasteiger partial charge in [0.15, 0.2) is 0 Å². The van der Waals surface area contributed by atoms with Crippen molar-refractivity contribution >= 4 is 18.9 Å². The Morgan fingerprint density at radius 1 is 0.578 bits per heavy atom. The molecule has 0 aliphatic rings. The van der Waals surface area contributed by atoms with E-state index < -0.39 is 0 Å². The summed E-state index contributed by atoms with van der Waals surface area (Å²) in [6, 6.07) is 27.9. The number of rotatable bonds is 9. The van der Waals surface area contributed by atoms with Crippen molar-refractivity contribution in [3.63, 3.8) is 0 Å². The zero-order valence-corrected chi connectivity index (χ0v) is 39.5. The smallest absolute Gasteiger partial charge is 0.542 e. The van der Waals surface area contributed by atoms with Gasteiger partial charge in [-0.3, -0.25) is 18.9 Å². The maximum Gasteiger partial charge on any atom is 1.00 e. The molecule has 0 fully saturated rings. The van der Waals surface area contributed by atoms with E-state index in [1.807, 2.05) is 49.2 Å². The van der Waals surface area contributed by atoms with Crippen molar-refractivity contribution in [2.75, 3.05) is 0 Å². The summed E-state index contributed by atoms with van der Waals surface area (Å²) in [6.07, 6.45) is 9.35. The average Bonchev–Trinajstić information content (AvgIpc) is 2.93. The van der Waals surface area contributed by atoms with Crippen molar-refractivity contribution in [2.24, 2.45) is 0 Å². The fourth-order valence-electron chi connectivity index (χ4n) is 4.16. The van der Waals surface area contributed by atoms with Crippen molar-refractivity contribution in [3.05, 3.63) is 106 Å². The standard InChI is InChI=1S/3C13H16O.3K/c2*1-13(2,3)12-8-4-6-11(10-12)7-5-9-14;1-13(2,3)12-9-5-4-7-11(12)8-6-10-14;;;/h4,8,10H,5,7H2,1-3H3;4,6,8H,5,7H2,1-3H3;4-5,9H,6,8H2,1-3H3;;;/q3*-2;3*+1. The van der Waals surface area contributed by atoms with Gasteiger partial charge in [0.1, 0.15) is 0 Å². The predicted molar refractivity (Wildman–Crippen MR) is 174 cm³/mol. The van der Waals surface area contributed by atoms with Gasteiger partial charge in [-0.25, -0.2) is 0 Å². The maximum atomic E-state index is 10.2. The number of benzene rings is 3. The Morgan fingerprint density at radius 2 is 1.13 bits per heavy atom.